The molecule has 2 aliphatic carbocycles. The van der Waals surface area contributed by atoms with Crippen LogP contribution in [0.3, 0.4) is 0 Å². The summed E-state index contributed by atoms with van der Waals surface area (Å²) in [5.41, 5.74) is 2.43. The third-order valence-electron chi connectivity index (χ3n) is 6.18. The highest BCUT2D eigenvalue weighted by Gasteiger charge is 2.51. The maximum Gasteiger partial charge on any atom is 0.307 e. The van der Waals surface area contributed by atoms with Crippen LogP contribution in [-0.2, 0) is 9.59 Å². The molecule has 4 rings (SSSR count). The number of nitrogens with one attached hydrogen (secondary N) is 1. The molecule has 4 atom stereocenters. The highest BCUT2D eigenvalue weighted by molar-refractivity contribution is 5.86. The summed E-state index contributed by atoms with van der Waals surface area (Å²) in [7, 11) is 0. The Bertz CT molecular complexity index is 822. The molecule has 28 heavy (non-hydrogen) atoms. The predicted molar refractivity (Wildman–Crippen MR) is 108 cm³/mol. The third-order valence-corrected chi connectivity index (χ3v) is 6.18. The van der Waals surface area contributed by atoms with E-state index >= 15 is 0 Å². The summed E-state index contributed by atoms with van der Waals surface area (Å²) in [4.78, 5) is 24.4. The van der Waals surface area contributed by atoms with Crippen LogP contribution in [0.1, 0.15) is 29.9 Å². The van der Waals surface area contributed by atoms with Crippen molar-refractivity contribution in [3.8, 4) is 0 Å². The lowest BCUT2D eigenvalue weighted by atomic mass is 9.82. The molecule has 0 saturated heterocycles. The van der Waals surface area contributed by atoms with Gasteiger partial charge in [0.2, 0.25) is 5.91 Å². The van der Waals surface area contributed by atoms with Crippen LogP contribution in [0.15, 0.2) is 72.8 Å². The average molecular weight is 375 g/mol. The SMILES string of the molecule is O=C(O)[C@@H]1[C@@H](C(=O)NCCC(c2ccccc2)c2ccccc2)[C@H]2C=C[C@@H]1C2. The van der Waals surface area contributed by atoms with E-state index in [1.165, 1.54) is 11.1 Å². The number of carboxylic acid groups (broad SMARTS) is 1. The monoisotopic (exact) mass is 375 g/mol. The van der Waals surface area contributed by atoms with E-state index in [1.807, 2.05) is 48.6 Å². The Balaban J connectivity index is 1.43. The second kappa shape index (κ2) is 8.01. The molecule has 0 aromatic heterocycles. The Morgan fingerprint density at radius 2 is 1.43 bits per heavy atom. The van der Waals surface area contributed by atoms with Gasteiger partial charge >= 0.3 is 5.97 Å². The minimum Gasteiger partial charge on any atom is -0.481 e. The first-order chi connectivity index (χ1) is 13.6. The van der Waals surface area contributed by atoms with Crippen LogP contribution >= 0.6 is 0 Å². The minimum atomic E-state index is -0.858. The molecule has 0 spiro atoms. The second-order valence-electron chi connectivity index (χ2n) is 7.79. The molecule has 2 bridgehead atoms. The van der Waals surface area contributed by atoms with Crippen molar-refractivity contribution in [2.75, 3.05) is 6.54 Å². The van der Waals surface area contributed by atoms with E-state index in [2.05, 4.69) is 29.6 Å². The lowest BCUT2D eigenvalue weighted by Crippen LogP contribution is -2.40. The molecule has 144 valence electrons. The van der Waals surface area contributed by atoms with Gasteiger partial charge in [-0.2, -0.15) is 0 Å². The zero-order valence-corrected chi connectivity index (χ0v) is 15.7. The van der Waals surface area contributed by atoms with Gasteiger partial charge in [0.05, 0.1) is 11.8 Å². The van der Waals surface area contributed by atoms with Gasteiger partial charge in [-0.15, -0.1) is 0 Å². The molecule has 0 heterocycles. The summed E-state index contributed by atoms with van der Waals surface area (Å²) >= 11 is 0. The van der Waals surface area contributed by atoms with Crippen LogP contribution in [0.5, 0.6) is 0 Å². The lowest BCUT2D eigenvalue weighted by Gasteiger charge is -2.24. The Kier molecular flexibility index (Phi) is 5.29. The fraction of sp³-hybridized carbons (Fsp3) is 0.333. The van der Waals surface area contributed by atoms with Gasteiger partial charge in [-0.1, -0.05) is 72.8 Å². The van der Waals surface area contributed by atoms with Crippen LogP contribution in [0, 0.1) is 23.7 Å². The second-order valence-corrected chi connectivity index (χ2v) is 7.79. The number of aliphatic carboxylic acids is 1. The summed E-state index contributed by atoms with van der Waals surface area (Å²) in [6.45, 7) is 0.525. The van der Waals surface area contributed by atoms with Crippen molar-refractivity contribution in [2.24, 2.45) is 23.7 Å². The van der Waals surface area contributed by atoms with E-state index in [9.17, 15) is 14.7 Å². The molecule has 4 nitrogen and oxygen atoms in total. The summed E-state index contributed by atoms with van der Waals surface area (Å²) in [5.74, 6) is -1.76. The highest BCUT2D eigenvalue weighted by Crippen LogP contribution is 2.48. The van der Waals surface area contributed by atoms with Gasteiger partial charge in [-0.3, -0.25) is 9.59 Å². The fourth-order valence-electron chi connectivity index (χ4n) is 4.87. The number of rotatable bonds is 7. The van der Waals surface area contributed by atoms with Crippen molar-refractivity contribution >= 4 is 11.9 Å². The Morgan fingerprint density at radius 3 is 1.96 bits per heavy atom. The molecular weight excluding hydrogens is 350 g/mol. The topological polar surface area (TPSA) is 66.4 Å². The smallest absolute Gasteiger partial charge is 0.307 e. The molecule has 0 aliphatic heterocycles. The highest BCUT2D eigenvalue weighted by atomic mass is 16.4. The largest absolute Gasteiger partial charge is 0.481 e. The normalized spacial score (nSPS) is 25.2. The van der Waals surface area contributed by atoms with Crippen LogP contribution < -0.4 is 5.32 Å². The van der Waals surface area contributed by atoms with Gasteiger partial charge < -0.3 is 10.4 Å². The molecule has 0 unspecified atom stereocenters. The van der Waals surface area contributed by atoms with Gasteiger partial charge in [0.15, 0.2) is 0 Å². The van der Waals surface area contributed by atoms with E-state index in [1.54, 1.807) is 0 Å². The molecule has 2 aromatic carbocycles. The van der Waals surface area contributed by atoms with E-state index in [-0.39, 0.29) is 23.7 Å². The zero-order valence-electron chi connectivity index (χ0n) is 15.7. The van der Waals surface area contributed by atoms with Crippen molar-refractivity contribution in [2.45, 2.75) is 18.8 Å². The number of hydrogen-bond acceptors (Lipinski definition) is 2. The lowest BCUT2D eigenvalue weighted by molar-refractivity contribution is -0.147. The van der Waals surface area contributed by atoms with Crippen LogP contribution in [0.25, 0.3) is 0 Å². The minimum absolute atomic E-state index is 0.000337. The number of hydrogen-bond donors (Lipinski definition) is 2. The maximum atomic E-state index is 12.8. The van der Waals surface area contributed by atoms with Gasteiger partial charge in [0.25, 0.3) is 0 Å². The molecule has 1 amide bonds. The van der Waals surface area contributed by atoms with Crippen molar-refractivity contribution in [1.82, 2.24) is 5.32 Å². The van der Waals surface area contributed by atoms with E-state index in [4.69, 9.17) is 0 Å². The standard InChI is InChI=1S/C24H25NO3/c26-23(21-18-11-12-19(15-18)22(21)24(27)28)25-14-13-20(16-7-3-1-4-8-16)17-9-5-2-6-10-17/h1-12,18-22H,13-15H2,(H,25,26)(H,27,28)/t18-,19+,21-,22-/m0/s1. The number of allylic oxidation sites excluding steroid dienone is 2. The van der Waals surface area contributed by atoms with Crippen molar-refractivity contribution in [1.29, 1.82) is 0 Å². The van der Waals surface area contributed by atoms with E-state index in [0.717, 1.165) is 12.8 Å². The van der Waals surface area contributed by atoms with Crippen molar-refractivity contribution in [3.05, 3.63) is 83.9 Å². The fourth-order valence-corrected chi connectivity index (χ4v) is 4.87. The van der Waals surface area contributed by atoms with Crippen molar-refractivity contribution in [3.63, 3.8) is 0 Å². The predicted octanol–water partition coefficient (Wildman–Crippen LogP) is 3.85. The first-order valence-corrected chi connectivity index (χ1v) is 9.94. The van der Waals surface area contributed by atoms with Gasteiger partial charge in [-0.25, -0.2) is 0 Å². The third kappa shape index (κ3) is 3.59. The molecule has 2 N–H and O–H groups in total. The molecule has 2 aliphatic rings. The Morgan fingerprint density at radius 1 is 0.893 bits per heavy atom. The van der Waals surface area contributed by atoms with Crippen LogP contribution in [0.4, 0.5) is 0 Å². The molecule has 1 fully saturated rings. The molecule has 2 aromatic rings. The van der Waals surface area contributed by atoms with Crippen LogP contribution in [0.2, 0.25) is 0 Å². The Labute approximate surface area is 165 Å². The number of benzene rings is 2. The number of fused-ring (bicyclic) bond motifs is 2. The first-order valence-electron chi connectivity index (χ1n) is 9.94. The summed E-state index contributed by atoms with van der Waals surface area (Å²) in [6.07, 6.45) is 5.54. The number of carbonyl (C=O) groups excluding carboxylic acids is 1. The number of amides is 1. The van der Waals surface area contributed by atoms with Crippen LogP contribution in [-0.4, -0.2) is 23.5 Å². The quantitative estimate of drug-likeness (QED) is 0.723. The summed E-state index contributed by atoms with van der Waals surface area (Å²) < 4.78 is 0. The number of carboxylic acids is 1. The first kappa shape index (κ1) is 18.5. The van der Waals surface area contributed by atoms with Gasteiger partial charge in [0.1, 0.15) is 0 Å². The maximum absolute atomic E-state index is 12.8. The number of carbonyl (C=O) groups is 2. The Hall–Kier alpha value is -2.88. The molecule has 0 radical (unpaired) electrons. The average Bonchev–Trinajstić information content (AvgIpc) is 3.34. The van der Waals surface area contributed by atoms with E-state index < -0.39 is 17.8 Å². The van der Waals surface area contributed by atoms with E-state index in [0.29, 0.717) is 6.54 Å². The zero-order chi connectivity index (χ0) is 19.5. The van der Waals surface area contributed by atoms with Gasteiger partial charge in [-0.05, 0) is 35.8 Å². The van der Waals surface area contributed by atoms with Gasteiger partial charge in [0, 0.05) is 12.5 Å². The molecule has 4 heteroatoms. The summed E-state index contributed by atoms with van der Waals surface area (Å²) in [6, 6.07) is 20.6. The molecule has 1 saturated carbocycles. The molecular formula is C24H25NO3. The van der Waals surface area contributed by atoms with Crippen molar-refractivity contribution < 1.29 is 14.7 Å². The summed E-state index contributed by atoms with van der Waals surface area (Å²) in [5, 5.41) is 12.6.